The number of methoxy groups -OCH3 is 1. The van der Waals surface area contributed by atoms with Crippen LogP contribution in [0.4, 0.5) is 8.78 Å². The van der Waals surface area contributed by atoms with Crippen LogP contribution in [0.1, 0.15) is 10.4 Å². The summed E-state index contributed by atoms with van der Waals surface area (Å²) in [6.07, 6.45) is 0. The van der Waals surface area contributed by atoms with E-state index in [2.05, 4.69) is 10.6 Å². The van der Waals surface area contributed by atoms with Gasteiger partial charge in [0.2, 0.25) is 0 Å². The van der Waals surface area contributed by atoms with Crippen molar-refractivity contribution in [1.82, 2.24) is 10.6 Å². The van der Waals surface area contributed by atoms with Crippen LogP contribution in [0.2, 0.25) is 0 Å². The van der Waals surface area contributed by atoms with E-state index >= 15 is 0 Å². The maximum Gasteiger partial charge on any atom is 0.254 e. The third-order valence-electron chi connectivity index (χ3n) is 2.25. The molecule has 1 amide bonds. The Morgan fingerprint density at radius 1 is 1.26 bits per heavy atom. The molecule has 7 heteroatoms. The molecule has 0 spiro atoms. The van der Waals surface area contributed by atoms with Crippen LogP contribution in [-0.2, 0) is 4.74 Å². The molecule has 0 radical (unpaired) electrons. The normalized spacial score (nSPS) is 9.84. The lowest BCUT2D eigenvalue weighted by atomic mass is 10.2. The standard InChI is InChI=1S/C12H16F2N2O2.ClH/c1-18-7-6-15-4-5-16-12(17)10-3-2-9(13)8-11(10)14;/h2-3,8,15H,4-7H2,1H3,(H,16,17);1H. The summed E-state index contributed by atoms with van der Waals surface area (Å²) in [7, 11) is 1.60. The van der Waals surface area contributed by atoms with E-state index in [1.165, 1.54) is 0 Å². The maximum atomic E-state index is 13.2. The molecule has 0 aliphatic heterocycles. The van der Waals surface area contributed by atoms with Crippen molar-refractivity contribution in [2.75, 3.05) is 33.4 Å². The minimum absolute atomic E-state index is 0. The molecular formula is C12H17ClF2N2O2. The van der Waals surface area contributed by atoms with Crippen LogP contribution in [0.5, 0.6) is 0 Å². The van der Waals surface area contributed by atoms with Crippen molar-refractivity contribution in [2.24, 2.45) is 0 Å². The highest BCUT2D eigenvalue weighted by molar-refractivity contribution is 5.94. The van der Waals surface area contributed by atoms with Crippen LogP contribution < -0.4 is 10.6 Å². The highest BCUT2D eigenvalue weighted by Crippen LogP contribution is 2.08. The summed E-state index contributed by atoms with van der Waals surface area (Å²) >= 11 is 0. The first-order valence-corrected chi connectivity index (χ1v) is 5.58. The number of rotatable bonds is 7. The van der Waals surface area contributed by atoms with Gasteiger partial charge in [0.25, 0.3) is 5.91 Å². The Bertz CT molecular complexity index is 405. The van der Waals surface area contributed by atoms with Crippen molar-refractivity contribution in [1.29, 1.82) is 0 Å². The fraction of sp³-hybridized carbons (Fsp3) is 0.417. The van der Waals surface area contributed by atoms with Crippen molar-refractivity contribution in [2.45, 2.75) is 0 Å². The molecule has 0 unspecified atom stereocenters. The van der Waals surface area contributed by atoms with Crippen LogP contribution in [0.25, 0.3) is 0 Å². The monoisotopic (exact) mass is 294 g/mol. The van der Waals surface area contributed by atoms with Gasteiger partial charge < -0.3 is 15.4 Å². The SMILES string of the molecule is COCCNCCNC(=O)c1ccc(F)cc1F.Cl. The molecule has 1 rings (SSSR count). The molecule has 0 saturated carbocycles. The molecular weight excluding hydrogens is 278 g/mol. The molecule has 0 bridgehead atoms. The maximum absolute atomic E-state index is 13.2. The zero-order valence-corrected chi connectivity index (χ0v) is 11.4. The van der Waals surface area contributed by atoms with Crippen LogP contribution in [-0.4, -0.2) is 39.3 Å². The van der Waals surface area contributed by atoms with Crippen LogP contribution >= 0.6 is 12.4 Å². The molecule has 19 heavy (non-hydrogen) atoms. The lowest BCUT2D eigenvalue weighted by Crippen LogP contribution is -2.33. The van der Waals surface area contributed by atoms with Crippen molar-refractivity contribution in [3.63, 3.8) is 0 Å². The zero-order valence-electron chi connectivity index (χ0n) is 10.5. The Hall–Kier alpha value is -1.24. The Morgan fingerprint density at radius 3 is 2.63 bits per heavy atom. The van der Waals surface area contributed by atoms with Gasteiger partial charge in [0.05, 0.1) is 12.2 Å². The van der Waals surface area contributed by atoms with E-state index in [0.29, 0.717) is 32.3 Å². The fourth-order valence-corrected chi connectivity index (χ4v) is 1.33. The van der Waals surface area contributed by atoms with Gasteiger partial charge in [-0.2, -0.15) is 0 Å². The third-order valence-corrected chi connectivity index (χ3v) is 2.25. The molecule has 0 fully saturated rings. The number of benzene rings is 1. The minimum atomic E-state index is -0.861. The predicted molar refractivity (Wildman–Crippen MR) is 70.7 cm³/mol. The second-order valence-electron chi connectivity index (χ2n) is 3.62. The van der Waals surface area contributed by atoms with Gasteiger partial charge in [-0.25, -0.2) is 8.78 Å². The van der Waals surface area contributed by atoms with Gasteiger partial charge >= 0.3 is 0 Å². The molecule has 0 aliphatic rings. The summed E-state index contributed by atoms with van der Waals surface area (Å²) in [6, 6.07) is 2.86. The zero-order chi connectivity index (χ0) is 13.4. The number of hydrogen-bond donors (Lipinski definition) is 2. The smallest absolute Gasteiger partial charge is 0.254 e. The summed E-state index contributed by atoms with van der Waals surface area (Å²) in [5.74, 6) is -2.12. The third kappa shape index (κ3) is 6.47. The van der Waals surface area contributed by atoms with E-state index < -0.39 is 17.5 Å². The second kappa shape index (κ2) is 9.66. The Morgan fingerprint density at radius 2 is 2.00 bits per heavy atom. The quantitative estimate of drug-likeness (QED) is 0.747. The summed E-state index contributed by atoms with van der Waals surface area (Å²) < 4.78 is 30.7. The summed E-state index contributed by atoms with van der Waals surface area (Å²) in [5.41, 5.74) is -0.159. The number of carbonyl (C=O) groups excluding carboxylic acids is 1. The largest absolute Gasteiger partial charge is 0.383 e. The molecule has 108 valence electrons. The van der Waals surface area contributed by atoms with Gasteiger partial charge in [0.15, 0.2) is 0 Å². The Balaban J connectivity index is 0.00000324. The second-order valence-corrected chi connectivity index (χ2v) is 3.62. The summed E-state index contributed by atoms with van der Waals surface area (Å²) in [4.78, 5) is 11.5. The van der Waals surface area contributed by atoms with E-state index in [-0.39, 0.29) is 18.0 Å². The highest BCUT2D eigenvalue weighted by atomic mass is 35.5. The minimum Gasteiger partial charge on any atom is -0.383 e. The van der Waals surface area contributed by atoms with E-state index in [4.69, 9.17) is 4.74 Å². The molecule has 0 atom stereocenters. The van der Waals surface area contributed by atoms with Gasteiger partial charge in [-0.05, 0) is 12.1 Å². The number of nitrogens with one attached hydrogen (secondary N) is 2. The van der Waals surface area contributed by atoms with Gasteiger partial charge in [-0.3, -0.25) is 4.79 Å². The molecule has 2 N–H and O–H groups in total. The lowest BCUT2D eigenvalue weighted by Gasteiger charge is -2.07. The average Bonchev–Trinajstić information content (AvgIpc) is 2.33. The number of hydrogen-bond acceptors (Lipinski definition) is 3. The number of ether oxygens (including phenoxy) is 1. The molecule has 0 heterocycles. The molecule has 1 aromatic rings. The van der Waals surface area contributed by atoms with Crippen LogP contribution in [0.15, 0.2) is 18.2 Å². The molecule has 4 nitrogen and oxygen atoms in total. The Kier molecular flexibility index (Phi) is 9.03. The van der Waals surface area contributed by atoms with Gasteiger partial charge in [-0.1, -0.05) is 0 Å². The van der Waals surface area contributed by atoms with E-state index in [9.17, 15) is 13.6 Å². The molecule has 0 aliphatic carbocycles. The van der Waals surface area contributed by atoms with Gasteiger partial charge in [-0.15, -0.1) is 12.4 Å². The number of carbonyl (C=O) groups is 1. The topological polar surface area (TPSA) is 50.4 Å². The van der Waals surface area contributed by atoms with Gasteiger partial charge in [0.1, 0.15) is 11.6 Å². The van der Waals surface area contributed by atoms with Crippen molar-refractivity contribution in [3.05, 3.63) is 35.4 Å². The van der Waals surface area contributed by atoms with E-state index in [0.717, 1.165) is 12.1 Å². The molecule has 0 aromatic heterocycles. The van der Waals surface area contributed by atoms with Gasteiger partial charge in [0, 0.05) is 32.8 Å². The summed E-state index contributed by atoms with van der Waals surface area (Å²) in [6.45, 7) is 2.18. The first kappa shape index (κ1) is 17.8. The average molecular weight is 295 g/mol. The number of amides is 1. The van der Waals surface area contributed by atoms with Crippen molar-refractivity contribution < 1.29 is 18.3 Å². The Labute approximate surface area is 116 Å². The number of halogens is 3. The van der Waals surface area contributed by atoms with Crippen LogP contribution in [0.3, 0.4) is 0 Å². The summed E-state index contributed by atoms with van der Waals surface area (Å²) in [5, 5.41) is 5.55. The van der Waals surface area contributed by atoms with Crippen LogP contribution in [0, 0.1) is 11.6 Å². The molecule has 1 aromatic carbocycles. The predicted octanol–water partition coefficient (Wildman–Crippen LogP) is 1.35. The van der Waals surface area contributed by atoms with Crippen molar-refractivity contribution in [3.8, 4) is 0 Å². The van der Waals surface area contributed by atoms with E-state index in [1.54, 1.807) is 7.11 Å². The lowest BCUT2D eigenvalue weighted by molar-refractivity contribution is 0.0949. The van der Waals surface area contributed by atoms with E-state index in [1.807, 2.05) is 0 Å². The fourth-order valence-electron chi connectivity index (χ4n) is 1.33. The van der Waals surface area contributed by atoms with Crippen molar-refractivity contribution >= 4 is 18.3 Å². The molecule has 0 saturated heterocycles. The first-order chi connectivity index (χ1) is 8.65. The first-order valence-electron chi connectivity index (χ1n) is 5.58. The highest BCUT2D eigenvalue weighted by Gasteiger charge is 2.11.